The van der Waals surface area contributed by atoms with Gasteiger partial charge < -0.3 is 9.04 Å². The number of nitrogens with zero attached hydrogens (tertiary/aromatic N) is 1. The summed E-state index contributed by atoms with van der Waals surface area (Å²) in [7, 11) is 1.06. The van der Waals surface area contributed by atoms with Gasteiger partial charge in [-0.25, -0.2) is 8.42 Å². The Balaban J connectivity index is 0.00000203. The Morgan fingerprint density at radius 1 is 0.684 bits per heavy atom. The molecule has 0 bridgehead atoms. The van der Waals surface area contributed by atoms with Gasteiger partial charge >= 0.3 is 0 Å². The Labute approximate surface area is 238 Å². The molecule has 0 N–H and O–H groups in total. The third-order valence-corrected chi connectivity index (χ3v) is 9.36. The summed E-state index contributed by atoms with van der Waals surface area (Å²) in [6.07, 6.45) is 23.7. The predicted octanol–water partition coefficient (Wildman–Crippen LogP) is 9.37. The summed E-state index contributed by atoms with van der Waals surface area (Å²) in [6, 6.07) is 9.23. The first-order chi connectivity index (χ1) is 18.0. The van der Waals surface area contributed by atoms with Crippen LogP contribution in [0.2, 0.25) is 0 Å². The van der Waals surface area contributed by atoms with Crippen molar-refractivity contribution in [2.75, 3.05) is 26.4 Å². The molecule has 1 rings (SSSR count). The molecular weight excluding hydrogens is 490 g/mol. The van der Waals surface area contributed by atoms with Crippen molar-refractivity contribution >= 4 is 10.1 Å². The van der Waals surface area contributed by atoms with E-state index in [1.807, 2.05) is 0 Å². The maximum Gasteiger partial charge on any atom is 0.124 e. The zero-order chi connectivity index (χ0) is 28.9. The van der Waals surface area contributed by atoms with Gasteiger partial charge in [0, 0.05) is 24.2 Å². The van der Waals surface area contributed by atoms with E-state index in [0.29, 0.717) is 0 Å². The number of hydrogen-bond acceptors (Lipinski definition) is 3. The van der Waals surface area contributed by atoms with Gasteiger partial charge in [0.25, 0.3) is 0 Å². The fraction of sp³-hybridized carbons (Fsp3) is 0.818. The van der Waals surface area contributed by atoms with E-state index in [1.165, 1.54) is 116 Å². The zero-order valence-corrected chi connectivity index (χ0v) is 27.1. The average Bonchev–Trinajstić information content (AvgIpc) is 2.90. The van der Waals surface area contributed by atoms with Gasteiger partial charge in [-0.05, 0) is 24.8 Å². The summed E-state index contributed by atoms with van der Waals surface area (Å²) in [5.74, 6) is -0.312. The summed E-state index contributed by atoms with van der Waals surface area (Å²) in [5.41, 5.74) is 3.38. The molecule has 224 valence electrons. The van der Waals surface area contributed by atoms with Crippen molar-refractivity contribution in [3.63, 3.8) is 0 Å². The highest BCUT2D eigenvalue weighted by Crippen LogP contribution is 2.41. The van der Waals surface area contributed by atoms with E-state index in [1.54, 1.807) is 11.1 Å². The molecule has 0 saturated carbocycles. The topological polar surface area (TPSA) is 57.2 Å². The van der Waals surface area contributed by atoms with Crippen molar-refractivity contribution in [3.05, 3.63) is 35.4 Å². The number of benzene rings is 1. The average molecular weight is 554 g/mol. The molecule has 0 aliphatic rings. The number of unbranched alkanes of at least 4 members (excludes halogenated alkanes) is 13. The second-order valence-corrected chi connectivity index (χ2v) is 13.3. The van der Waals surface area contributed by atoms with Crippen molar-refractivity contribution in [3.8, 4) is 0 Å². The van der Waals surface area contributed by atoms with Crippen molar-refractivity contribution in [2.24, 2.45) is 0 Å². The van der Waals surface area contributed by atoms with E-state index in [4.69, 9.17) is 0 Å². The number of hydrogen-bond donors (Lipinski definition) is 0. The first-order valence-corrected chi connectivity index (χ1v) is 17.5. The molecule has 1 aromatic carbocycles. The normalized spacial score (nSPS) is 12.3. The molecule has 0 fully saturated rings. The molecule has 0 atom stereocenters. The SMILES string of the molecule is CCCCCCCCCCCCCCCC[N+](C)(C)C(CC)(CC)c1ccccc1CC.CCS(=O)(=O)[O-]. The first kappa shape index (κ1) is 37.1. The van der Waals surface area contributed by atoms with E-state index in [-0.39, 0.29) is 11.3 Å². The summed E-state index contributed by atoms with van der Waals surface area (Å²) >= 11 is 0. The Morgan fingerprint density at radius 3 is 1.45 bits per heavy atom. The van der Waals surface area contributed by atoms with Gasteiger partial charge in [0.2, 0.25) is 0 Å². The van der Waals surface area contributed by atoms with Gasteiger partial charge in [-0.3, -0.25) is 0 Å². The Bertz CT molecular complexity index is 800. The van der Waals surface area contributed by atoms with Crippen LogP contribution in [0.3, 0.4) is 0 Å². The minimum atomic E-state index is -3.91. The minimum Gasteiger partial charge on any atom is -0.748 e. The van der Waals surface area contributed by atoms with Crippen LogP contribution in [0, 0.1) is 0 Å². The minimum absolute atomic E-state index is 0.239. The third-order valence-electron chi connectivity index (χ3n) is 8.65. The molecule has 4 nitrogen and oxygen atoms in total. The number of quaternary nitrogens is 1. The number of aryl methyl sites for hydroxylation is 1. The molecule has 0 saturated heterocycles. The lowest BCUT2D eigenvalue weighted by Crippen LogP contribution is -2.57. The molecule has 0 aliphatic carbocycles. The van der Waals surface area contributed by atoms with Crippen molar-refractivity contribution < 1.29 is 17.5 Å². The van der Waals surface area contributed by atoms with E-state index in [0.717, 1.165) is 10.9 Å². The van der Waals surface area contributed by atoms with Crippen LogP contribution in [0.15, 0.2) is 24.3 Å². The fourth-order valence-electron chi connectivity index (χ4n) is 6.01. The van der Waals surface area contributed by atoms with E-state index in [9.17, 15) is 13.0 Å². The molecule has 0 radical (unpaired) electrons. The van der Waals surface area contributed by atoms with E-state index < -0.39 is 10.1 Å². The van der Waals surface area contributed by atoms with Gasteiger partial charge in [-0.1, -0.05) is 136 Å². The Morgan fingerprint density at radius 2 is 1.08 bits per heavy atom. The highest BCUT2D eigenvalue weighted by atomic mass is 32.2. The Kier molecular flexibility index (Phi) is 20.4. The van der Waals surface area contributed by atoms with Crippen LogP contribution in [0.25, 0.3) is 0 Å². The van der Waals surface area contributed by atoms with Gasteiger partial charge in [-0.2, -0.15) is 0 Å². The standard InChI is InChI=1S/C31H58N.C2H6O3S/c1-7-11-12-13-14-15-16-17-18-19-20-21-22-25-28-32(5,6)31(9-3,10-4)30-27-24-23-26-29(30)8-2;1-2-6(3,4)5/h23-24,26-27H,7-22,25,28H2,1-6H3;2H2,1H3,(H,3,4,5)/q+1;/p-1. The zero-order valence-electron chi connectivity index (χ0n) is 26.3. The van der Waals surface area contributed by atoms with Crippen LogP contribution < -0.4 is 0 Å². The summed E-state index contributed by atoms with van der Waals surface area (Å²) < 4.78 is 29.5. The lowest BCUT2D eigenvalue weighted by Gasteiger charge is -2.49. The lowest BCUT2D eigenvalue weighted by atomic mass is 9.78. The second kappa shape index (κ2) is 20.9. The largest absolute Gasteiger partial charge is 0.748 e. The first-order valence-electron chi connectivity index (χ1n) is 15.9. The van der Waals surface area contributed by atoms with Crippen LogP contribution in [-0.2, 0) is 22.1 Å². The molecule has 0 heterocycles. The molecule has 5 heteroatoms. The van der Waals surface area contributed by atoms with Gasteiger partial charge in [0.15, 0.2) is 0 Å². The lowest BCUT2D eigenvalue weighted by molar-refractivity contribution is -0.951. The molecule has 0 unspecified atom stereocenters. The van der Waals surface area contributed by atoms with Crippen LogP contribution in [-0.4, -0.2) is 43.8 Å². The molecule has 0 aromatic heterocycles. The van der Waals surface area contributed by atoms with Crippen molar-refractivity contribution in [1.29, 1.82) is 0 Å². The highest BCUT2D eigenvalue weighted by molar-refractivity contribution is 7.85. The maximum absolute atomic E-state index is 9.44. The van der Waals surface area contributed by atoms with Crippen LogP contribution in [0.4, 0.5) is 0 Å². The third kappa shape index (κ3) is 14.5. The van der Waals surface area contributed by atoms with Crippen LogP contribution in [0.1, 0.15) is 148 Å². The monoisotopic (exact) mass is 553 g/mol. The van der Waals surface area contributed by atoms with E-state index >= 15 is 0 Å². The quantitative estimate of drug-likeness (QED) is 0.0865. The van der Waals surface area contributed by atoms with Crippen molar-refractivity contribution in [1.82, 2.24) is 0 Å². The summed E-state index contributed by atoms with van der Waals surface area (Å²) in [4.78, 5) is 0. The Hall–Kier alpha value is -0.910. The highest BCUT2D eigenvalue weighted by Gasteiger charge is 2.44. The predicted molar refractivity (Wildman–Crippen MR) is 166 cm³/mol. The smallest absolute Gasteiger partial charge is 0.124 e. The van der Waals surface area contributed by atoms with Crippen LogP contribution >= 0.6 is 0 Å². The number of rotatable bonds is 21. The second-order valence-electron chi connectivity index (χ2n) is 11.6. The summed E-state index contributed by atoms with van der Waals surface area (Å²) in [6.45, 7) is 12.0. The van der Waals surface area contributed by atoms with Gasteiger partial charge in [-0.15, -0.1) is 0 Å². The molecule has 0 amide bonds. The molecular formula is C33H63NO3S. The summed E-state index contributed by atoms with van der Waals surface area (Å²) in [5, 5.41) is 0. The van der Waals surface area contributed by atoms with Gasteiger partial charge in [0.1, 0.15) is 5.54 Å². The van der Waals surface area contributed by atoms with Crippen LogP contribution in [0.5, 0.6) is 0 Å². The molecule has 1 aromatic rings. The van der Waals surface area contributed by atoms with E-state index in [2.05, 4.69) is 66.1 Å². The fourth-order valence-corrected chi connectivity index (χ4v) is 6.01. The van der Waals surface area contributed by atoms with Crippen molar-refractivity contribution in [2.45, 2.75) is 149 Å². The molecule has 0 aliphatic heterocycles. The molecule has 38 heavy (non-hydrogen) atoms. The molecule has 0 spiro atoms. The maximum atomic E-state index is 9.44. The van der Waals surface area contributed by atoms with Gasteiger partial charge in [0.05, 0.1) is 30.8 Å².